The van der Waals surface area contributed by atoms with Gasteiger partial charge in [-0.2, -0.15) is 0 Å². The quantitative estimate of drug-likeness (QED) is 0.0259. The maximum Gasteiger partial charge on any atom is 0.472 e. The summed E-state index contributed by atoms with van der Waals surface area (Å²) in [5, 5.41) is 12.6. The lowest BCUT2D eigenvalue weighted by Crippen LogP contribution is -2.27. The summed E-state index contributed by atoms with van der Waals surface area (Å²) in [6.45, 7) is 3.31. The van der Waals surface area contributed by atoms with Crippen molar-refractivity contribution in [2.45, 2.75) is 142 Å². The minimum absolute atomic E-state index is 0.0544. The summed E-state index contributed by atoms with van der Waals surface area (Å²) in [5.41, 5.74) is 0. The molecule has 2 atom stereocenters. The first-order valence-corrected chi connectivity index (χ1v) is 20.4. The van der Waals surface area contributed by atoms with Crippen LogP contribution in [0.4, 0.5) is 0 Å². The standard InChI is InChI=1S/C40H68NO8P/c1-3-5-7-9-11-13-14-15-16-17-18-19-20-21-22-23-24-25-26-28-30-32-39(43)41-34-35-48-50(45,46)49-37-38(42)36-47-40(44)33-31-29-27-12-10-8-6-4-2/h5,7,11,13,15-16,18-19,21-22,24-25,38,42H,3-4,6,8-10,12,14,17,20,23,26-37H2,1-2H3,(H,41,43)(H,45,46)/b7-5-,13-11-,16-15-,19-18-,22-21-,25-24-. The lowest BCUT2D eigenvalue weighted by molar-refractivity contribution is -0.147. The zero-order chi connectivity index (χ0) is 36.8. The molecule has 0 saturated carbocycles. The summed E-state index contributed by atoms with van der Waals surface area (Å²) in [4.78, 5) is 33.6. The number of ether oxygens (including phenoxy) is 1. The molecule has 0 aromatic carbocycles. The van der Waals surface area contributed by atoms with E-state index in [4.69, 9.17) is 13.8 Å². The van der Waals surface area contributed by atoms with Crippen molar-refractivity contribution in [1.82, 2.24) is 5.32 Å². The van der Waals surface area contributed by atoms with E-state index in [1.54, 1.807) is 0 Å². The number of rotatable bonds is 34. The van der Waals surface area contributed by atoms with Crippen LogP contribution in [0, 0.1) is 0 Å². The zero-order valence-corrected chi connectivity index (χ0v) is 32.0. The normalized spacial score (nSPS) is 14.2. The number of phosphoric ester groups is 1. The van der Waals surface area contributed by atoms with Gasteiger partial charge in [0.05, 0.1) is 13.2 Å². The van der Waals surface area contributed by atoms with Crippen molar-refractivity contribution in [2.75, 3.05) is 26.4 Å². The van der Waals surface area contributed by atoms with Crippen LogP contribution in [0.15, 0.2) is 72.9 Å². The second-order valence-electron chi connectivity index (χ2n) is 12.2. The van der Waals surface area contributed by atoms with Gasteiger partial charge >= 0.3 is 13.8 Å². The Labute approximate surface area is 303 Å². The number of carbonyl (C=O) groups excluding carboxylic acids is 2. The molecule has 0 aliphatic carbocycles. The Balaban J connectivity index is 3.73. The molecule has 0 radical (unpaired) electrons. The summed E-state index contributed by atoms with van der Waals surface area (Å²) < 4.78 is 26.7. The van der Waals surface area contributed by atoms with Gasteiger partial charge in [0.1, 0.15) is 12.7 Å². The number of hydrogen-bond acceptors (Lipinski definition) is 7. The molecule has 0 aromatic heterocycles. The van der Waals surface area contributed by atoms with Gasteiger partial charge in [0, 0.05) is 19.4 Å². The summed E-state index contributed by atoms with van der Waals surface area (Å²) in [5.74, 6) is -0.572. The predicted molar refractivity (Wildman–Crippen MR) is 206 cm³/mol. The van der Waals surface area contributed by atoms with Crippen molar-refractivity contribution >= 4 is 19.7 Å². The van der Waals surface area contributed by atoms with E-state index in [9.17, 15) is 24.2 Å². The Kier molecular flexibility index (Phi) is 34.4. The second kappa shape index (κ2) is 36.2. The van der Waals surface area contributed by atoms with Gasteiger partial charge in [-0.15, -0.1) is 0 Å². The van der Waals surface area contributed by atoms with Crippen LogP contribution >= 0.6 is 7.82 Å². The summed E-state index contributed by atoms with van der Waals surface area (Å²) in [7, 11) is -4.42. The van der Waals surface area contributed by atoms with Crippen LogP contribution < -0.4 is 5.32 Å². The van der Waals surface area contributed by atoms with E-state index in [2.05, 4.69) is 92.1 Å². The minimum Gasteiger partial charge on any atom is -0.463 e. The van der Waals surface area contributed by atoms with E-state index < -0.39 is 26.5 Å². The molecular formula is C40H68NO8P. The molecule has 0 saturated heterocycles. The van der Waals surface area contributed by atoms with Crippen molar-refractivity contribution < 1.29 is 37.9 Å². The highest BCUT2D eigenvalue weighted by atomic mass is 31.2. The molecular weight excluding hydrogens is 653 g/mol. The van der Waals surface area contributed by atoms with E-state index in [0.717, 1.165) is 77.0 Å². The largest absolute Gasteiger partial charge is 0.472 e. The summed E-state index contributed by atoms with van der Waals surface area (Å²) >= 11 is 0. The molecule has 0 heterocycles. The molecule has 0 fully saturated rings. The van der Waals surface area contributed by atoms with Crippen LogP contribution in [0.1, 0.15) is 136 Å². The maximum atomic E-state index is 12.0. The van der Waals surface area contributed by atoms with E-state index in [-0.39, 0.29) is 32.1 Å². The fourth-order valence-corrected chi connectivity index (χ4v) is 5.31. The third-order valence-electron chi connectivity index (χ3n) is 7.40. The number of nitrogens with one attached hydrogen (secondary N) is 1. The third-order valence-corrected chi connectivity index (χ3v) is 8.39. The van der Waals surface area contributed by atoms with Gasteiger partial charge in [-0.1, -0.05) is 132 Å². The molecule has 0 aliphatic heterocycles. The van der Waals surface area contributed by atoms with Crippen molar-refractivity contribution in [1.29, 1.82) is 0 Å². The number of unbranched alkanes of at least 4 members (excludes halogenated alkanes) is 9. The highest BCUT2D eigenvalue weighted by molar-refractivity contribution is 7.47. The monoisotopic (exact) mass is 721 g/mol. The highest BCUT2D eigenvalue weighted by Crippen LogP contribution is 2.42. The van der Waals surface area contributed by atoms with E-state index in [1.165, 1.54) is 32.1 Å². The average molecular weight is 722 g/mol. The number of allylic oxidation sites excluding steroid dienone is 12. The van der Waals surface area contributed by atoms with Crippen molar-refractivity contribution in [3.63, 3.8) is 0 Å². The molecule has 50 heavy (non-hydrogen) atoms. The van der Waals surface area contributed by atoms with Gasteiger partial charge in [-0.05, 0) is 64.2 Å². The van der Waals surface area contributed by atoms with Gasteiger partial charge in [-0.25, -0.2) is 4.57 Å². The van der Waals surface area contributed by atoms with Crippen LogP contribution in [0.3, 0.4) is 0 Å². The van der Waals surface area contributed by atoms with Crippen LogP contribution in [0.25, 0.3) is 0 Å². The van der Waals surface area contributed by atoms with Crippen LogP contribution in [0.5, 0.6) is 0 Å². The van der Waals surface area contributed by atoms with Gasteiger partial charge in [0.15, 0.2) is 0 Å². The third kappa shape index (κ3) is 36.7. The SMILES string of the molecule is CC/C=C\C/C=C\C/C=C\C/C=C\C/C=C\C/C=C\CCCCC(=O)NCCOP(=O)(O)OCC(O)COC(=O)CCCCCCCCCC. The lowest BCUT2D eigenvalue weighted by Gasteiger charge is -2.15. The smallest absolute Gasteiger partial charge is 0.463 e. The fraction of sp³-hybridized carbons (Fsp3) is 0.650. The van der Waals surface area contributed by atoms with Crippen molar-refractivity contribution in [3.05, 3.63) is 72.9 Å². The van der Waals surface area contributed by atoms with Crippen molar-refractivity contribution in [3.8, 4) is 0 Å². The average Bonchev–Trinajstić information content (AvgIpc) is 3.10. The van der Waals surface area contributed by atoms with Crippen LogP contribution in [-0.2, 0) is 27.9 Å². The van der Waals surface area contributed by atoms with Gasteiger partial charge in [0.25, 0.3) is 0 Å². The number of carbonyl (C=O) groups is 2. The molecule has 0 spiro atoms. The first-order valence-electron chi connectivity index (χ1n) is 18.9. The summed E-state index contributed by atoms with van der Waals surface area (Å²) in [6, 6.07) is 0. The fourth-order valence-electron chi connectivity index (χ4n) is 4.56. The number of aliphatic hydroxyl groups is 1. The molecule has 0 rings (SSSR count). The first kappa shape index (κ1) is 47.4. The van der Waals surface area contributed by atoms with Gasteiger partial charge in [0.2, 0.25) is 5.91 Å². The molecule has 286 valence electrons. The molecule has 0 bridgehead atoms. The Morgan fingerprint density at radius 1 is 0.640 bits per heavy atom. The zero-order valence-electron chi connectivity index (χ0n) is 31.1. The number of hydrogen-bond donors (Lipinski definition) is 3. The molecule has 9 nitrogen and oxygen atoms in total. The number of aliphatic hydroxyl groups excluding tert-OH is 1. The van der Waals surface area contributed by atoms with Gasteiger partial charge < -0.3 is 20.1 Å². The lowest BCUT2D eigenvalue weighted by atomic mass is 10.1. The number of amides is 1. The molecule has 2 unspecified atom stereocenters. The summed E-state index contributed by atoms with van der Waals surface area (Å²) in [6.07, 6.45) is 42.8. The van der Waals surface area contributed by atoms with Crippen LogP contribution in [-0.4, -0.2) is 54.3 Å². The van der Waals surface area contributed by atoms with E-state index in [0.29, 0.717) is 6.42 Å². The molecule has 3 N–H and O–H groups in total. The predicted octanol–water partition coefficient (Wildman–Crippen LogP) is 9.93. The van der Waals surface area contributed by atoms with Crippen LogP contribution in [0.2, 0.25) is 0 Å². The van der Waals surface area contributed by atoms with Crippen molar-refractivity contribution in [2.24, 2.45) is 0 Å². The maximum absolute atomic E-state index is 12.0. The van der Waals surface area contributed by atoms with E-state index >= 15 is 0 Å². The van der Waals surface area contributed by atoms with Gasteiger partial charge in [-0.3, -0.25) is 18.6 Å². The number of phosphoric acid groups is 1. The molecule has 0 aliphatic rings. The number of esters is 1. The highest BCUT2D eigenvalue weighted by Gasteiger charge is 2.23. The Morgan fingerprint density at radius 3 is 1.70 bits per heavy atom. The first-order chi connectivity index (χ1) is 24.3. The Hall–Kier alpha value is -2.55. The molecule has 0 aromatic rings. The van der Waals surface area contributed by atoms with E-state index in [1.807, 2.05) is 0 Å². The second-order valence-corrected chi connectivity index (χ2v) is 13.6. The molecule has 10 heteroatoms. The Morgan fingerprint density at radius 2 is 1.14 bits per heavy atom. The Bertz CT molecular complexity index is 1050. The minimum atomic E-state index is -4.42. The molecule has 1 amide bonds. The topological polar surface area (TPSA) is 131 Å².